The van der Waals surface area contributed by atoms with Gasteiger partial charge in [-0.2, -0.15) is 5.26 Å². The van der Waals surface area contributed by atoms with Gasteiger partial charge in [-0.25, -0.2) is 0 Å². The molecule has 0 saturated carbocycles. The van der Waals surface area contributed by atoms with Crippen molar-refractivity contribution < 1.29 is 4.92 Å². The zero-order valence-electron chi connectivity index (χ0n) is 11.5. The number of nitro groups is 1. The average molecular weight is 274 g/mol. The second-order valence-corrected chi connectivity index (χ2v) is 5.14. The molecule has 0 aliphatic carbocycles. The van der Waals surface area contributed by atoms with Gasteiger partial charge in [0.2, 0.25) is 0 Å². The number of anilines is 1. The number of hydrogen-bond donors (Lipinski definition) is 1. The fourth-order valence-corrected chi connectivity index (χ4v) is 2.57. The number of benzene rings is 1. The minimum Gasteiger partial charge on any atom is -0.374 e. The van der Waals surface area contributed by atoms with Crippen molar-refractivity contribution in [2.45, 2.75) is 12.8 Å². The van der Waals surface area contributed by atoms with Crippen LogP contribution in [0.15, 0.2) is 18.2 Å². The summed E-state index contributed by atoms with van der Waals surface area (Å²) in [7, 11) is 1.96. The van der Waals surface area contributed by atoms with E-state index < -0.39 is 4.92 Å². The largest absolute Gasteiger partial charge is 0.374 e. The topological polar surface area (TPSA) is 82.2 Å². The molecule has 1 saturated heterocycles. The van der Waals surface area contributed by atoms with Crippen LogP contribution in [0.2, 0.25) is 0 Å². The van der Waals surface area contributed by atoms with Crippen molar-refractivity contribution in [3.05, 3.63) is 33.9 Å². The van der Waals surface area contributed by atoms with Crippen molar-refractivity contribution in [2.75, 3.05) is 31.6 Å². The molecule has 1 aliphatic rings. The molecule has 0 aromatic heterocycles. The smallest absolute Gasteiger partial charge is 0.287 e. The molecule has 0 unspecified atom stereocenters. The highest BCUT2D eigenvalue weighted by Crippen LogP contribution is 2.25. The third-order valence-corrected chi connectivity index (χ3v) is 3.73. The van der Waals surface area contributed by atoms with Gasteiger partial charge in [0.25, 0.3) is 5.69 Å². The Labute approximate surface area is 118 Å². The minimum atomic E-state index is -0.519. The first kappa shape index (κ1) is 14.3. The van der Waals surface area contributed by atoms with Gasteiger partial charge in [-0.05, 0) is 44.0 Å². The molecule has 6 heteroatoms. The Morgan fingerprint density at radius 3 is 2.80 bits per heavy atom. The van der Waals surface area contributed by atoms with E-state index in [1.54, 1.807) is 12.1 Å². The standard InChI is InChI=1S/C14H18N4O2/c1-17(10-11-4-6-16-7-5-11)13-2-3-14(18(19)20)12(8-13)9-15/h2-3,8,11,16H,4-7,10H2,1H3. The lowest BCUT2D eigenvalue weighted by Crippen LogP contribution is -2.34. The number of hydrogen-bond acceptors (Lipinski definition) is 5. The lowest BCUT2D eigenvalue weighted by Gasteiger charge is -2.28. The molecule has 1 aromatic rings. The number of nitrogens with one attached hydrogen (secondary N) is 1. The third-order valence-electron chi connectivity index (χ3n) is 3.73. The molecule has 2 rings (SSSR count). The Hall–Kier alpha value is -2.13. The molecule has 1 N–H and O–H groups in total. The molecule has 20 heavy (non-hydrogen) atoms. The summed E-state index contributed by atoms with van der Waals surface area (Å²) < 4.78 is 0. The normalized spacial score (nSPS) is 15.6. The minimum absolute atomic E-state index is 0.115. The molecule has 0 radical (unpaired) electrons. The van der Waals surface area contributed by atoms with Crippen LogP contribution in [0.4, 0.5) is 11.4 Å². The Morgan fingerprint density at radius 2 is 2.20 bits per heavy atom. The molecule has 0 spiro atoms. The third kappa shape index (κ3) is 3.25. The van der Waals surface area contributed by atoms with Gasteiger partial charge < -0.3 is 10.2 Å². The lowest BCUT2D eigenvalue weighted by atomic mass is 9.97. The van der Waals surface area contributed by atoms with E-state index in [4.69, 9.17) is 5.26 Å². The zero-order chi connectivity index (χ0) is 14.5. The lowest BCUT2D eigenvalue weighted by molar-refractivity contribution is -0.385. The summed E-state index contributed by atoms with van der Waals surface area (Å²) in [4.78, 5) is 12.4. The van der Waals surface area contributed by atoms with Gasteiger partial charge >= 0.3 is 0 Å². The second kappa shape index (κ2) is 6.35. The maximum atomic E-state index is 10.8. The Kier molecular flexibility index (Phi) is 4.53. The first-order chi connectivity index (χ1) is 9.61. The Balaban J connectivity index is 2.11. The van der Waals surface area contributed by atoms with E-state index in [9.17, 15) is 10.1 Å². The van der Waals surface area contributed by atoms with Crippen LogP contribution < -0.4 is 10.2 Å². The molecule has 0 amide bonds. The maximum Gasteiger partial charge on any atom is 0.287 e. The van der Waals surface area contributed by atoms with E-state index in [1.165, 1.54) is 6.07 Å². The first-order valence-electron chi connectivity index (χ1n) is 6.72. The summed E-state index contributed by atoms with van der Waals surface area (Å²) in [6.45, 7) is 2.99. The van der Waals surface area contributed by atoms with Crippen molar-refractivity contribution in [3.63, 3.8) is 0 Å². The van der Waals surface area contributed by atoms with E-state index in [2.05, 4.69) is 10.2 Å². The van der Waals surface area contributed by atoms with E-state index in [0.29, 0.717) is 5.92 Å². The Bertz CT molecular complexity index is 532. The van der Waals surface area contributed by atoms with Gasteiger partial charge in [0.1, 0.15) is 11.6 Å². The Morgan fingerprint density at radius 1 is 1.50 bits per heavy atom. The summed E-state index contributed by atoms with van der Waals surface area (Å²) in [6, 6.07) is 6.61. The van der Waals surface area contributed by atoms with Gasteiger partial charge in [0.05, 0.1) is 4.92 Å². The van der Waals surface area contributed by atoms with Gasteiger partial charge in [-0.3, -0.25) is 10.1 Å². The van der Waals surface area contributed by atoms with Crippen molar-refractivity contribution in [2.24, 2.45) is 5.92 Å². The molecular weight excluding hydrogens is 256 g/mol. The number of piperidine rings is 1. The fraction of sp³-hybridized carbons (Fsp3) is 0.500. The predicted octanol–water partition coefficient (Wildman–Crippen LogP) is 1.90. The van der Waals surface area contributed by atoms with Crippen LogP contribution in [0.5, 0.6) is 0 Å². The summed E-state index contributed by atoms with van der Waals surface area (Å²) >= 11 is 0. The summed E-state index contributed by atoms with van der Waals surface area (Å²) in [5, 5.41) is 23.2. The highest BCUT2D eigenvalue weighted by molar-refractivity contribution is 5.59. The molecule has 106 valence electrons. The van der Waals surface area contributed by atoms with Crippen LogP contribution in [0.3, 0.4) is 0 Å². The van der Waals surface area contributed by atoms with E-state index >= 15 is 0 Å². The number of rotatable bonds is 4. The summed E-state index contributed by atoms with van der Waals surface area (Å²) in [5.74, 6) is 0.627. The molecule has 0 atom stereocenters. The van der Waals surface area contributed by atoms with Crippen molar-refractivity contribution in [1.82, 2.24) is 5.32 Å². The molecule has 1 aromatic carbocycles. The number of nitriles is 1. The van der Waals surface area contributed by atoms with Crippen LogP contribution in [0, 0.1) is 27.4 Å². The molecule has 1 fully saturated rings. The van der Waals surface area contributed by atoms with Crippen LogP contribution in [0.25, 0.3) is 0 Å². The zero-order valence-corrected chi connectivity index (χ0v) is 11.5. The van der Waals surface area contributed by atoms with Crippen molar-refractivity contribution in [1.29, 1.82) is 5.26 Å². The van der Waals surface area contributed by atoms with Gasteiger partial charge in [0, 0.05) is 25.3 Å². The first-order valence-corrected chi connectivity index (χ1v) is 6.72. The quantitative estimate of drug-likeness (QED) is 0.670. The van der Waals surface area contributed by atoms with Gasteiger partial charge in [0.15, 0.2) is 0 Å². The highest BCUT2D eigenvalue weighted by Gasteiger charge is 2.18. The van der Waals surface area contributed by atoms with Crippen LogP contribution in [-0.2, 0) is 0 Å². The van der Waals surface area contributed by atoms with Crippen molar-refractivity contribution >= 4 is 11.4 Å². The van der Waals surface area contributed by atoms with Crippen LogP contribution >= 0.6 is 0 Å². The maximum absolute atomic E-state index is 10.8. The fourth-order valence-electron chi connectivity index (χ4n) is 2.57. The predicted molar refractivity (Wildman–Crippen MR) is 76.7 cm³/mol. The second-order valence-electron chi connectivity index (χ2n) is 5.14. The van der Waals surface area contributed by atoms with Gasteiger partial charge in [-0.15, -0.1) is 0 Å². The highest BCUT2D eigenvalue weighted by atomic mass is 16.6. The monoisotopic (exact) mass is 274 g/mol. The SMILES string of the molecule is CN(CC1CCNCC1)c1ccc([N+](=O)[O-])c(C#N)c1. The number of nitro benzene ring substituents is 1. The molecular formula is C14H18N4O2. The average Bonchev–Trinajstić information content (AvgIpc) is 2.47. The van der Waals surface area contributed by atoms with E-state index in [1.807, 2.05) is 13.1 Å². The van der Waals surface area contributed by atoms with E-state index in [-0.39, 0.29) is 11.3 Å². The van der Waals surface area contributed by atoms with Crippen LogP contribution in [0.1, 0.15) is 18.4 Å². The molecule has 1 aliphatic heterocycles. The molecule has 0 bridgehead atoms. The van der Waals surface area contributed by atoms with Gasteiger partial charge in [-0.1, -0.05) is 0 Å². The number of nitrogens with zero attached hydrogens (tertiary/aromatic N) is 3. The molecule has 6 nitrogen and oxygen atoms in total. The van der Waals surface area contributed by atoms with E-state index in [0.717, 1.165) is 38.2 Å². The van der Waals surface area contributed by atoms with Crippen LogP contribution in [-0.4, -0.2) is 31.6 Å². The molecule has 1 heterocycles. The van der Waals surface area contributed by atoms with Crippen molar-refractivity contribution in [3.8, 4) is 6.07 Å². The summed E-state index contributed by atoms with van der Waals surface area (Å²) in [5.41, 5.74) is 0.835. The summed E-state index contributed by atoms with van der Waals surface area (Å²) in [6.07, 6.45) is 2.28.